The summed E-state index contributed by atoms with van der Waals surface area (Å²) in [6, 6.07) is 0. The summed E-state index contributed by atoms with van der Waals surface area (Å²) in [5.74, 6) is 0.516. The van der Waals surface area contributed by atoms with Gasteiger partial charge in [-0.05, 0) is 34.1 Å². The van der Waals surface area contributed by atoms with E-state index in [0.29, 0.717) is 5.92 Å². The summed E-state index contributed by atoms with van der Waals surface area (Å²) in [7, 11) is 0. The second-order valence-electron chi connectivity index (χ2n) is 4.61. The van der Waals surface area contributed by atoms with Crippen molar-refractivity contribution in [1.82, 2.24) is 0 Å². The summed E-state index contributed by atoms with van der Waals surface area (Å²) in [6.07, 6.45) is 1.34. The molecule has 2 atom stereocenters. The van der Waals surface area contributed by atoms with Crippen LogP contribution in [0.5, 0.6) is 0 Å². The van der Waals surface area contributed by atoms with Crippen molar-refractivity contribution < 1.29 is 9.47 Å². The van der Waals surface area contributed by atoms with Crippen LogP contribution in [0.1, 0.15) is 41.0 Å². The van der Waals surface area contributed by atoms with Crippen LogP contribution in [0.2, 0.25) is 0 Å². The number of rotatable bonds is 2. The van der Waals surface area contributed by atoms with Gasteiger partial charge in [0.15, 0.2) is 6.29 Å². The highest BCUT2D eigenvalue weighted by Crippen LogP contribution is 2.35. The Morgan fingerprint density at radius 1 is 1.42 bits per heavy atom. The Balaban J connectivity index is 2.47. The van der Waals surface area contributed by atoms with Gasteiger partial charge in [-0.1, -0.05) is 6.92 Å². The molecule has 0 amide bonds. The Bertz CT molecular complexity index is 152. The van der Waals surface area contributed by atoms with E-state index in [9.17, 15) is 0 Å². The molecule has 0 N–H and O–H groups in total. The zero-order valence-electron chi connectivity index (χ0n) is 8.76. The molecule has 0 aliphatic carbocycles. The topological polar surface area (TPSA) is 18.5 Å². The summed E-state index contributed by atoms with van der Waals surface area (Å²) < 4.78 is 11.4. The maximum absolute atomic E-state index is 5.75. The first-order valence-corrected chi connectivity index (χ1v) is 4.74. The molecule has 1 aliphatic rings. The third kappa shape index (κ3) is 2.46. The van der Waals surface area contributed by atoms with Crippen LogP contribution in [0.4, 0.5) is 0 Å². The molecule has 2 nitrogen and oxygen atoms in total. The van der Waals surface area contributed by atoms with Crippen LogP contribution >= 0.6 is 0 Å². The van der Waals surface area contributed by atoms with Crippen molar-refractivity contribution in [2.45, 2.75) is 59.0 Å². The quantitative estimate of drug-likeness (QED) is 0.637. The van der Waals surface area contributed by atoms with Crippen molar-refractivity contribution in [3.8, 4) is 0 Å². The summed E-state index contributed by atoms with van der Waals surface area (Å²) in [5, 5.41) is 0. The second kappa shape index (κ2) is 3.35. The summed E-state index contributed by atoms with van der Waals surface area (Å²) in [4.78, 5) is 0. The van der Waals surface area contributed by atoms with Gasteiger partial charge in [0.05, 0.1) is 11.7 Å². The van der Waals surface area contributed by atoms with Crippen LogP contribution in [-0.4, -0.2) is 18.0 Å². The van der Waals surface area contributed by atoms with Crippen molar-refractivity contribution in [2.24, 2.45) is 5.92 Å². The molecule has 1 fully saturated rings. The molecule has 0 aromatic heterocycles. The van der Waals surface area contributed by atoms with E-state index in [2.05, 4.69) is 20.8 Å². The highest BCUT2D eigenvalue weighted by atomic mass is 16.7. The zero-order valence-corrected chi connectivity index (χ0v) is 8.76. The first-order chi connectivity index (χ1) is 5.41. The van der Waals surface area contributed by atoms with Crippen molar-refractivity contribution in [1.29, 1.82) is 0 Å². The molecular formula is C10H20O2. The average Bonchev–Trinajstić information content (AvgIpc) is 2.03. The van der Waals surface area contributed by atoms with Crippen molar-refractivity contribution in [3.63, 3.8) is 0 Å². The fourth-order valence-corrected chi connectivity index (χ4v) is 1.78. The number of hydrogen-bond acceptors (Lipinski definition) is 2. The van der Waals surface area contributed by atoms with Crippen LogP contribution in [0.3, 0.4) is 0 Å². The molecule has 2 heteroatoms. The molecule has 0 saturated carbocycles. The molecule has 0 aromatic carbocycles. The van der Waals surface area contributed by atoms with Gasteiger partial charge in [-0.2, -0.15) is 0 Å². The minimum absolute atomic E-state index is 0.000000000000000666. The molecule has 2 unspecified atom stereocenters. The third-order valence-corrected chi connectivity index (χ3v) is 2.12. The highest BCUT2D eigenvalue weighted by Gasteiger charge is 2.38. The van der Waals surface area contributed by atoms with Gasteiger partial charge in [0.25, 0.3) is 0 Å². The van der Waals surface area contributed by atoms with Gasteiger partial charge < -0.3 is 9.47 Å². The minimum atomic E-state index is -0.00102. The molecule has 1 aliphatic heterocycles. The molecule has 1 rings (SSSR count). The van der Waals surface area contributed by atoms with E-state index >= 15 is 0 Å². The first-order valence-electron chi connectivity index (χ1n) is 4.74. The number of hydrogen-bond donors (Lipinski definition) is 0. The highest BCUT2D eigenvalue weighted by molar-refractivity contribution is 4.81. The zero-order chi connectivity index (χ0) is 9.35. The van der Waals surface area contributed by atoms with Gasteiger partial charge in [-0.25, -0.2) is 0 Å². The smallest absolute Gasteiger partial charge is 0.161 e. The standard InChI is InChI=1S/C10H20O2/c1-7(2)11-9-8(3)6-10(4,5)12-9/h7-9H,6H2,1-5H3. The molecule has 0 radical (unpaired) electrons. The van der Waals surface area contributed by atoms with E-state index < -0.39 is 0 Å². The van der Waals surface area contributed by atoms with Crippen molar-refractivity contribution in [2.75, 3.05) is 0 Å². The van der Waals surface area contributed by atoms with E-state index in [1.807, 2.05) is 13.8 Å². The van der Waals surface area contributed by atoms with E-state index in [1.54, 1.807) is 0 Å². The number of ether oxygens (including phenoxy) is 2. The fourth-order valence-electron chi connectivity index (χ4n) is 1.78. The van der Waals surface area contributed by atoms with Gasteiger partial charge in [0.1, 0.15) is 0 Å². The van der Waals surface area contributed by atoms with E-state index in [-0.39, 0.29) is 18.0 Å². The van der Waals surface area contributed by atoms with E-state index in [0.717, 1.165) is 6.42 Å². The Labute approximate surface area is 75.2 Å². The Morgan fingerprint density at radius 2 is 2.00 bits per heavy atom. The molecule has 0 bridgehead atoms. The normalized spacial score (nSPS) is 34.5. The SMILES string of the molecule is CC(C)OC1OC(C)(C)CC1C. The lowest BCUT2D eigenvalue weighted by Crippen LogP contribution is -2.24. The molecule has 72 valence electrons. The third-order valence-electron chi connectivity index (χ3n) is 2.12. The molecule has 0 spiro atoms. The van der Waals surface area contributed by atoms with Crippen LogP contribution in [0, 0.1) is 5.92 Å². The van der Waals surface area contributed by atoms with Crippen LogP contribution in [-0.2, 0) is 9.47 Å². The van der Waals surface area contributed by atoms with Gasteiger partial charge in [0, 0.05) is 5.92 Å². The lowest BCUT2D eigenvalue weighted by atomic mass is 9.99. The molecule has 1 heterocycles. The first kappa shape index (κ1) is 10.0. The average molecular weight is 172 g/mol. The van der Waals surface area contributed by atoms with E-state index in [4.69, 9.17) is 9.47 Å². The summed E-state index contributed by atoms with van der Waals surface area (Å²) in [5.41, 5.74) is -0.00102. The van der Waals surface area contributed by atoms with Gasteiger partial charge in [0.2, 0.25) is 0 Å². The predicted octanol–water partition coefficient (Wildman–Crippen LogP) is 2.57. The predicted molar refractivity (Wildman–Crippen MR) is 49.0 cm³/mol. The Morgan fingerprint density at radius 3 is 2.33 bits per heavy atom. The van der Waals surface area contributed by atoms with Crippen LogP contribution < -0.4 is 0 Å². The molecule has 12 heavy (non-hydrogen) atoms. The van der Waals surface area contributed by atoms with Crippen LogP contribution in [0.15, 0.2) is 0 Å². The molecule has 0 aromatic rings. The Hall–Kier alpha value is -0.0800. The van der Waals surface area contributed by atoms with Crippen molar-refractivity contribution >= 4 is 0 Å². The summed E-state index contributed by atoms with van der Waals surface area (Å²) in [6.45, 7) is 10.5. The van der Waals surface area contributed by atoms with Gasteiger partial charge >= 0.3 is 0 Å². The van der Waals surface area contributed by atoms with Gasteiger partial charge in [-0.3, -0.25) is 0 Å². The maximum Gasteiger partial charge on any atom is 0.161 e. The molecular weight excluding hydrogens is 152 g/mol. The maximum atomic E-state index is 5.75. The van der Waals surface area contributed by atoms with Gasteiger partial charge in [-0.15, -0.1) is 0 Å². The Kier molecular flexibility index (Phi) is 2.79. The van der Waals surface area contributed by atoms with Crippen LogP contribution in [0.25, 0.3) is 0 Å². The summed E-state index contributed by atoms with van der Waals surface area (Å²) >= 11 is 0. The second-order valence-corrected chi connectivity index (χ2v) is 4.61. The fraction of sp³-hybridized carbons (Fsp3) is 1.00. The van der Waals surface area contributed by atoms with E-state index in [1.165, 1.54) is 0 Å². The largest absolute Gasteiger partial charge is 0.350 e. The van der Waals surface area contributed by atoms with Crippen molar-refractivity contribution in [3.05, 3.63) is 0 Å². The lowest BCUT2D eigenvalue weighted by Gasteiger charge is -2.21. The lowest BCUT2D eigenvalue weighted by molar-refractivity contribution is -0.185. The monoisotopic (exact) mass is 172 g/mol. The minimum Gasteiger partial charge on any atom is -0.350 e. The molecule has 1 saturated heterocycles.